The van der Waals surface area contributed by atoms with Gasteiger partial charge in [-0.15, -0.1) is 0 Å². The minimum atomic E-state index is 0.191. The van der Waals surface area contributed by atoms with E-state index in [9.17, 15) is 5.11 Å². The fourth-order valence-corrected chi connectivity index (χ4v) is 3.81. The van der Waals surface area contributed by atoms with Gasteiger partial charge in [0.25, 0.3) is 0 Å². The Balaban J connectivity index is 1.76. The van der Waals surface area contributed by atoms with Gasteiger partial charge in [-0.3, -0.25) is 0 Å². The van der Waals surface area contributed by atoms with Crippen molar-refractivity contribution in [3.63, 3.8) is 0 Å². The third kappa shape index (κ3) is 4.49. The van der Waals surface area contributed by atoms with E-state index < -0.39 is 0 Å². The zero-order valence-electron chi connectivity index (χ0n) is 16.6. The van der Waals surface area contributed by atoms with Gasteiger partial charge in [0.05, 0.1) is 0 Å². The summed E-state index contributed by atoms with van der Waals surface area (Å²) in [6.07, 6.45) is 3.97. The summed E-state index contributed by atoms with van der Waals surface area (Å²) in [5.74, 6) is 0.920. The highest BCUT2D eigenvalue weighted by atomic mass is 16.5. The van der Waals surface area contributed by atoms with Gasteiger partial charge in [-0.05, 0) is 59.9 Å². The molecule has 0 amide bonds. The van der Waals surface area contributed by atoms with Gasteiger partial charge in [0, 0.05) is 24.4 Å². The molecule has 4 rings (SSSR count). The van der Waals surface area contributed by atoms with Crippen LogP contribution in [0.1, 0.15) is 36.5 Å². The largest absolute Gasteiger partial charge is 0.508 e. The molecule has 0 bridgehead atoms. The second-order valence-corrected chi connectivity index (χ2v) is 7.24. The molecule has 0 saturated carbocycles. The normalized spacial score (nSPS) is 17.1. The lowest BCUT2D eigenvalue weighted by Gasteiger charge is -2.17. The van der Waals surface area contributed by atoms with E-state index in [1.54, 1.807) is 12.1 Å². The molecule has 2 aromatic carbocycles. The number of benzene rings is 2. The number of hydrogen-bond acceptors (Lipinski definition) is 4. The molecule has 1 aliphatic heterocycles. The van der Waals surface area contributed by atoms with Crippen molar-refractivity contribution < 1.29 is 9.84 Å². The van der Waals surface area contributed by atoms with Gasteiger partial charge in [0.15, 0.2) is 0 Å². The lowest BCUT2D eigenvalue weighted by atomic mass is 9.89. The number of nitrogens with zero attached hydrogens (tertiary/aromatic N) is 1. The van der Waals surface area contributed by atoms with E-state index in [2.05, 4.69) is 47.6 Å². The minimum Gasteiger partial charge on any atom is -0.508 e. The number of allylic oxidation sites excluding steroid dienone is 1. The Morgan fingerprint density at radius 3 is 2.38 bits per heavy atom. The lowest BCUT2D eigenvalue weighted by Crippen LogP contribution is -2.20. The molecule has 4 heteroatoms. The van der Waals surface area contributed by atoms with Crippen molar-refractivity contribution in [1.82, 2.24) is 10.3 Å². The average molecular weight is 386 g/mol. The van der Waals surface area contributed by atoms with Crippen molar-refractivity contribution >= 4 is 11.1 Å². The second-order valence-electron chi connectivity index (χ2n) is 7.24. The van der Waals surface area contributed by atoms with E-state index in [0.29, 0.717) is 5.88 Å². The fourth-order valence-electron chi connectivity index (χ4n) is 3.81. The van der Waals surface area contributed by atoms with Crippen molar-refractivity contribution in [3.8, 4) is 11.6 Å². The van der Waals surface area contributed by atoms with E-state index >= 15 is 0 Å². The number of aromatic nitrogens is 1. The molecule has 1 aliphatic rings. The molecule has 0 aliphatic carbocycles. The van der Waals surface area contributed by atoms with Gasteiger partial charge in [0.1, 0.15) is 11.9 Å². The second kappa shape index (κ2) is 8.93. The maximum absolute atomic E-state index is 9.74. The van der Waals surface area contributed by atoms with E-state index in [1.165, 1.54) is 11.1 Å². The quantitative estimate of drug-likeness (QED) is 0.592. The van der Waals surface area contributed by atoms with Crippen LogP contribution in [0.4, 0.5) is 0 Å². The van der Waals surface area contributed by atoms with Crippen molar-refractivity contribution in [2.75, 3.05) is 13.1 Å². The highest BCUT2D eigenvalue weighted by molar-refractivity contribution is 5.98. The molecular formula is C25H26N2O2. The molecule has 1 aromatic heterocycles. The third-order valence-electron chi connectivity index (χ3n) is 5.26. The lowest BCUT2D eigenvalue weighted by molar-refractivity contribution is 0.214. The first-order valence-electron chi connectivity index (χ1n) is 10.2. The van der Waals surface area contributed by atoms with Crippen LogP contribution < -0.4 is 10.1 Å². The first-order valence-corrected chi connectivity index (χ1v) is 10.2. The number of nitrogens with one attached hydrogen (secondary N) is 1. The number of phenolic OH excluding ortho intramolecular Hbond substituents is 1. The summed E-state index contributed by atoms with van der Waals surface area (Å²) in [7, 11) is 0. The Kier molecular flexibility index (Phi) is 5.92. The number of ether oxygens (including phenoxy) is 1. The molecule has 0 spiro atoms. The molecule has 2 N–H and O–H groups in total. The molecule has 1 atom stereocenters. The van der Waals surface area contributed by atoms with E-state index in [1.807, 2.05) is 30.5 Å². The maximum Gasteiger partial charge on any atom is 0.213 e. The standard InChI is InChI=1S/C25H26N2O2/c1-2-23(18-6-4-3-5-7-18)25(19-8-11-21(28)12-9-19)20-10-13-24(27-16-20)29-22-14-15-26-17-22/h3-13,16,22,26,28H,2,14-15,17H2,1H3/b25-23-. The molecule has 1 unspecified atom stereocenters. The Hall–Kier alpha value is -3.11. The summed E-state index contributed by atoms with van der Waals surface area (Å²) in [5, 5.41) is 13.1. The summed E-state index contributed by atoms with van der Waals surface area (Å²) < 4.78 is 5.98. The minimum absolute atomic E-state index is 0.191. The molecular weight excluding hydrogens is 360 g/mol. The number of aromatic hydroxyl groups is 1. The molecule has 2 heterocycles. The SMILES string of the molecule is CC/C(=C(\c1ccc(O)cc1)c1ccc(OC2CCNC2)nc1)c1ccccc1. The van der Waals surface area contributed by atoms with Crippen LogP contribution >= 0.6 is 0 Å². The predicted octanol–water partition coefficient (Wildman–Crippen LogP) is 4.90. The Morgan fingerprint density at radius 1 is 1.00 bits per heavy atom. The fraction of sp³-hybridized carbons (Fsp3) is 0.240. The number of pyridine rings is 1. The number of phenols is 1. The summed E-state index contributed by atoms with van der Waals surface area (Å²) in [4.78, 5) is 4.58. The van der Waals surface area contributed by atoms with Gasteiger partial charge in [-0.2, -0.15) is 0 Å². The van der Waals surface area contributed by atoms with Crippen LogP contribution in [0.3, 0.4) is 0 Å². The topological polar surface area (TPSA) is 54.4 Å². The molecule has 1 fully saturated rings. The van der Waals surface area contributed by atoms with E-state index in [0.717, 1.165) is 42.6 Å². The molecule has 0 radical (unpaired) electrons. The smallest absolute Gasteiger partial charge is 0.213 e. The summed E-state index contributed by atoms with van der Waals surface area (Å²) in [5.41, 5.74) is 5.65. The Labute approximate surface area is 171 Å². The molecule has 1 saturated heterocycles. The highest BCUT2D eigenvalue weighted by Crippen LogP contribution is 2.35. The number of rotatable bonds is 6. The van der Waals surface area contributed by atoms with Gasteiger partial charge in [-0.1, -0.05) is 49.4 Å². The van der Waals surface area contributed by atoms with Crippen molar-refractivity contribution in [2.45, 2.75) is 25.9 Å². The van der Waals surface area contributed by atoms with Crippen LogP contribution in [0, 0.1) is 0 Å². The van der Waals surface area contributed by atoms with E-state index in [-0.39, 0.29) is 11.9 Å². The van der Waals surface area contributed by atoms with Crippen LogP contribution in [-0.4, -0.2) is 29.3 Å². The average Bonchev–Trinajstić information content (AvgIpc) is 3.27. The van der Waals surface area contributed by atoms with Crippen molar-refractivity contribution in [1.29, 1.82) is 0 Å². The Bertz CT molecular complexity index is 958. The number of hydrogen-bond donors (Lipinski definition) is 2. The summed E-state index contributed by atoms with van der Waals surface area (Å²) in [6.45, 7) is 4.03. The first kappa shape index (κ1) is 19.2. The highest BCUT2D eigenvalue weighted by Gasteiger charge is 2.17. The van der Waals surface area contributed by atoms with Crippen LogP contribution in [0.5, 0.6) is 11.6 Å². The molecule has 3 aromatic rings. The van der Waals surface area contributed by atoms with Gasteiger partial charge < -0.3 is 15.2 Å². The van der Waals surface area contributed by atoms with Crippen LogP contribution in [0.15, 0.2) is 72.9 Å². The predicted molar refractivity (Wildman–Crippen MR) is 117 cm³/mol. The molecule has 148 valence electrons. The van der Waals surface area contributed by atoms with Gasteiger partial charge in [-0.25, -0.2) is 4.98 Å². The van der Waals surface area contributed by atoms with Crippen LogP contribution in [0.2, 0.25) is 0 Å². The maximum atomic E-state index is 9.74. The molecule has 29 heavy (non-hydrogen) atoms. The monoisotopic (exact) mass is 386 g/mol. The van der Waals surface area contributed by atoms with Crippen LogP contribution in [0.25, 0.3) is 11.1 Å². The van der Waals surface area contributed by atoms with Gasteiger partial charge >= 0.3 is 0 Å². The van der Waals surface area contributed by atoms with Crippen molar-refractivity contribution in [3.05, 3.63) is 89.6 Å². The summed E-state index contributed by atoms with van der Waals surface area (Å²) in [6, 6.07) is 21.8. The Morgan fingerprint density at radius 2 is 1.76 bits per heavy atom. The summed E-state index contributed by atoms with van der Waals surface area (Å²) >= 11 is 0. The van der Waals surface area contributed by atoms with E-state index in [4.69, 9.17) is 4.74 Å². The van der Waals surface area contributed by atoms with Crippen molar-refractivity contribution in [2.24, 2.45) is 0 Å². The molecule has 4 nitrogen and oxygen atoms in total. The van der Waals surface area contributed by atoms with Gasteiger partial charge in [0.2, 0.25) is 5.88 Å². The zero-order valence-corrected chi connectivity index (χ0v) is 16.6. The zero-order chi connectivity index (χ0) is 20.1. The van der Waals surface area contributed by atoms with Crippen LogP contribution in [-0.2, 0) is 0 Å². The first-order chi connectivity index (χ1) is 14.2. The third-order valence-corrected chi connectivity index (χ3v) is 5.26.